The first-order valence-corrected chi connectivity index (χ1v) is 5.85. The number of nitrogens with one attached hydrogen (secondary N) is 3. The maximum atomic E-state index is 5.00. The molecule has 2 rings (SSSR count). The van der Waals surface area contributed by atoms with Gasteiger partial charge in [0, 0.05) is 45.1 Å². The molecule has 0 radical (unpaired) electrons. The second kappa shape index (κ2) is 6.61. The van der Waals surface area contributed by atoms with Crippen molar-refractivity contribution in [2.45, 2.75) is 6.04 Å². The molecule has 6 heteroatoms. The summed E-state index contributed by atoms with van der Waals surface area (Å²) in [5.74, 6) is 0.476. The van der Waals surface area contributed by atoms with E-state index >= 15 is 0 Å². The molecule has 0 saturated carbocycles. The summed E-state index contributed by atoms with van der Waals surface area (Å²) in [6.07, 6.45) is 5.23. The summed E-state index contributed by atoms with van der Waals surface area (Å²) < 4.78 is 5.00. The number of hydrogen-bond acceptors (Lipinski definition) is 6. The maximum absolute atomic E-state index is 5.00. The lowest BCUT2D eigenvalue weighted by Gasteiger charge is -2.17. The van der Waals surface area contributed by atoms with Crippen molar-refractivity contribution in [3.63, 3.8) is 0 Å². The molecule has 1 saturated heterocycles. The molecule has 0 aromatic carbocycles. The fraction of sp³-hybridized carbons (Fsp3) is 0.636. The molecule has 0 aliphatic carbocycles. The molecule has 1 fully saturated rings. The monoisotopic (exact) mass is 237 g/mol. The van der Waals surface area contributed by atoms with Crippen LogP contribution in [0.5, 0.6) is 0 Å². The van der Waals surface area contributed by atoms with Crippen LogP contribution < -0.4 is 16.2 Å². The number of ether oxygens (including phenoxy) is 1. The van der Waals surface area contributed by atoms with Gasteiger partial charge in [-0.15, -0.1) is 0 Å². The molecule has 0 bridgehead atoms. The van der Waals surface area contributed by atoms with Gasteiger partial charge in [0.25, 0.3) is 0 Å². The Labute approximate surface area is 101 Å². The van der Waals surface area contributed by atoms with Crippen LogP contribution in [0.2, 0.25) is 0 Å². The smallest absolute Gasteiger partial charge is 0.0773 e. The Bertz CT molecular complexity index is 321. The van der Waals surface area contributed by atoms with Crippen molar-refractivity contribution in [1.29, 1.82) is 0 Å². The summed E-state index contributed by atoms with van der Waals surface area (Å²) in [5.41, 5.74) is 7.40. The summed E-state index contributed by atoms with van der Waals surface area (Å²) in [6, 6.07) is 0.221. The van der Waals surface area contributed by atoms with Crippen LogP contribution in [0.4, 0.5) is 0 Å². The van der Waals surface area contributed by atoms with Gasteiger partial charge in [0.15, 0.2) is 0 Å². The Morgan fingerprint density at radius 2 is 2.47 bits per heavy atom. The van der Waals surface area contributed by atoms with Crippen LogP contribution in [0.3, 0.4) is 0 Å². The van der Waals surface area contributed by atoms with Gasteiger partial charge in [0.2, 0.25) is 0 Å². The van der Waals surface area contributed by atoms with Crippen molar-refractivity contribution in [3.05, 3.63) is 24.3 Å². The predicted octanol–water partition coefficient (Wildman–Crippen LogP) is -0.522. The summed E-state index contributed by atoms with van der Waals surface area (Å²) in [5, 5.41) is 3.37. The number of aromatic nitrogens is 2. The first-order chi connectivity index (χ1) is 8.42. The van der Waals surface area contributed by atoms with Crippen LogP contribution in [-0.4, -0.2) is 43.3 Å². The van der Waals surface area contributed by atoms with Crippen LogP contribution in [0, 0.1) is 5.92 Å². The standard InChI is InChI=1S/C11H19N5O/c1-17-5-4-13-6-9-7-15-16-11(9)10-8-12-2-3-14-10/h2-3,8-9,11,13,15-16H,4-7H2,1H3. The molecule has 0 amide bonds. The second-order valence-electron chi connectivity index (χ2n) is 4.09. The molecule has 0 spiro atoms. The third-order valence-corrected chi connectivity index (χ3v) is 2.88. The molecule has 3 N–H and O–H groups in total. The number of nitrogens with zero attached hydrogens (tertiary/aromatic N) is 2. The van der Waals surface area contributed by atoms with Gasteiger partial charge in [-0.3, -0.25) is 15.4 Å². The Morgan fingerprint density at radius 1 is 1.53 bits per heavy atom. The Morgan fingerprint density at radius 3 is 3.24 bits per heavy atom. The Kier molecular flexibility index (Phi) is 4.81. The zero-order valence-electron chi connectivity index (χ0n) is 10.0. The molecule has 1 aliphatic rings. The quantitative estimate of drug-likeness (QED) is 0.578. The van der Waals surface area contributed by atoms with E-state index in [0.29, 0.717) is 5.92 Å². The van der Waals surface area contributed by atoms with E-state index in [4.69, 9.17) is 4.74 Å². The summed E-state index contributed by atoms with van der Waals surface area (Å²) in [7, 11) is 1.71. The highest BCUT2D eigenvalue weighted by atomic mass is 16.5. The zero-order chi connectivity index (χ0) is 11.9. The lowest BCUT2D eigenvalue weighted by Crippen LogP contribution is -2.31. The van der Waals surface area contributed by atoms with E-state index in [1.54, 1.807) is 19.5 Å². The van der Waals surface area contributed by atoms with E-state index in [1.165, 1.54) is 0 Å². The lowest BCUT2D eigenvalue weighted by molar-refractivity contribution is 0.197. The van der Waals surface area contributed by atoms with Gasteiger partial charge in [-0.05, 0) is 0 Å². The van der Waals surface area contributed by atoms with Gasteiger partial charge >= 0.3 is 0 Å². The Balaban J connectivity index is 1.85. The molecule has 2 unspecified atom stereocenters. The first-order valence-electron chi connectivity index (χ1n) is 5.85. The molecule has 2 atom stereocenters. The zero-order valence-corrected chi connectivity index (χ0v) is 10.0. The SMILES string of the molecule is COCCNCC1CNNC1c1cnccn1. The van der Waals surface area contributed by atoms with E-state index in [9.17, 15) is 0 Å². The second-order valence-corrected chi connectivity index (χ2v) is 4.09. The average Bonchev–Trinajstić information content (AvgIpc) is 2.84. The lowest BCUT2D eigenvalue weighted by atomic mass is 9.99. The maximum Gasteiger partial charge on any atom is 0.0773 e. The first kappa shape index (κ1) is 12.4. The molecule has 1 aliphatic heterocycles. The minimum Gasteiger partial charge on any atom is -0.383 e. The number of hydrazine groups is 1. The average molecular weight is 237 g/mol. The van der Waals surface area contributed by atoms with E-state index in [1.807, 2.05) is 6.20 Å². The fourth-order valence-corrected chi connectivity index (χ4v) is 1.97. The molecule has 2 heterocycles. The molecular weight excluding hydrogens is 218 g/mol. The number of rotatable bonds is 6. The number of methoxy groups -OCH3 is 1. The fourth-order valence-electron chi connectivity index (χ4n) is 1.97. The van der Waals surface area contributed by atoms with Crippen molar-refractivity contribution in [2.24, 2.45) is 5.92 Å². The van der Waals surface area contributed by atoms with Gasteiger partial charge < -0.3 is 10.1 Å². The van der Waals surface area contributed by atoms with Crippen molar-refractivity contribution < 1.29 is 4.74 Å². The topological polar surface area (TPSA) is 71.1 Å². The summed E-state index contributed by atoms with van der Waals surface area (Å²) in [4.78, 5) is 8.44. The van der Waals surface area contributed by atoms with Crippen LogP contribution in [-0.2, 0) is 4.74 Å². The highest BCUT2D eigenvalue weighted by Gasteiger charge is 2.28. The normalized spacial score (nSPS) is 24.1. The van der Waals surface area contributed by atoms with Crippen molar-refractivity contribution in [1.82, 2.24) is 26.1 Å². The third-order valence-electron chi connectivity index (χ3n) is 2.88. The van der Waals surface area contributed by atoms with Gasteiger partial charge in [0.1, 0.15) is 0 Å². The molecule has 17 heavy (non-hydrogen) atoms. The van der Waals surface area contributed by atoms with Gasteiger partial charge in [-0.25, -0.2) is 5.43 Å². The molecule has 6 nitrogen and oxygen atoms in total. The molecule has 94 valence electrons. The molecular formula is C11H19N5O. The van der Waals surface area contributed by atoms with Crippen molar-refractivity contribution in [2.75, 3.05) is 33.4 Å². The minimum atomic E-state index is 0.221. The van der Waals surface area contributed by atoms with Crippen LogP contribution in [0.15, 0.2) is 18.6 Å². The van der Waals surface area contributed by atoms with Gasteiger partial charge in [0.05, 0.1) is 24.5 Å². The van der Waals surface area contributed by atoms with Crippen LogP contribution in [0.1, 0.15) is 11.7 Å². The largest absolute Gasteiger partial charge is 0.383 e. The summed E-state index contributed by atoms with van der Waals surface area (Å²) >= 11 is 0. The Hall–Kier alpha value is -1.08. The predicted molar refractivity (Wildman–Crippen MR) is 64.1 cm³/mol. The van der Waals surface area contributed by atoms with Crippen LogP contribution >= 0.6 is 0 Å². The van der Waals surface area contributed by atoms with Gasteiger partial charge in [-0.1, -0.05) is 0 Å². The summed E-state index contributed by atoms with van der Waals surface area (Å²) in [6.45, 7) is 3.48. The van der Waals surface area contributed by atoms with E-state index in [2.05, 4.69) is 26.1 Å². The van der Waals surface area contributed by atoms with Crippen LogP contribution in [0.25, 0.3) is 0 Å². The molecule has 1 aromatic rings. The van der Waals surface area contributed by atoms with Crippen molar-refractivity contribution in [3.8, 4) is 0 Å². The van der Waals surface area contributed by atoms with E-state index < -0.39 is 0 Å². The highest BCUT2D eigenvalue weighted by Crippen LogP contribution is 2.21. The van der Waals surface area contributed by atoms with E-state index in [0.717, 1.165) is 31.9 Å². The highest BCUT2D eigenvalue weighted by molar-refractivity contribution is 5.06. The molecule has 1 aromatic heterocycles. The minimum absolute atomic E-state index is 0.221. The number of hydrogen-bond donors (Lipinski definition) is 3. The van der Waals surface area contributed by atoms with E-state index in [-0.39, 0.29) is 6.04 Å². The third kappa shape index (κ3) is 3.44. The van der Waals surface area contributed by atoms with Gasteiger partial charge in [-0.2, -0.15) is 0 Å². The van der Waals surface area contributed by atoms with Crippen molar-refractivity contribution >= 4 is 0 Å².